The van der Waals surface area contributed by atoms with Crippen molar-refractivity contribution in [3.63, 3.8) is 0 Å². The minimum absolute atomic E-state index is 0.0780. The second-order valence-corrected chi connectivity index (χ2v) is 9.62. The molecule has 0 aliphatic heterocycles. The van der Waals surface area contributed by atoms with E-state index in [1.165, 1.54) is 11.3 Å². The first-order valence-corrected chi connectivity index (χ1v) is 12.1. The molecule has 4 aromatic rings. The van der Waals surface area contributed by atoms with E-state index in [9.17, 15) is 9.59 Å². The second-order valence-electron chi connectivity index (χ2n) is 8.70. The summed E-state index contributed by atoms with van der Waals surface area (Å²) in [6, 6.07) is 16.2. The molecular formula is C26H27N5O3S. The highest BCUT2D eigenvalue weighted by Gasteiger charge is 2.18. The summed E-state index contributed by atoms with van der Waals surface area (Å²) in [6.07, 6.45) is 0.822. The number of hydrogen-bond donors (Lipinski definition) is 3. The molecule has 0 atom stereocenters. The van der Waals surface area contributed by atoms with E-state index in [4.69, 9.17) is 20.4 Å². The van der Waals surface area contributed by atoms with Gasteiger partial charge >= 0.3 is 0 Å². The van der Waals surface area contributed by atoms with Crippen LogP contribution in [0.3, 0.4) is 0 Å². The normalized spacial score (nSPS) is 11.3. The predicted molar refractivity (Wildman–Crippen MR) is 139 cm³/mol. The van der Waals surface area contributed by atoms with Crippen molar-refractivity contribution in [2.45, 2.75) is 32.7 Å². The fraction of sp³-hybridized carbons (Fsp3) is 0.231. The molecule has 4 rings (SSSR count). The highest BCUT2D eigenvalue weighted by molar-refractivity contribution is 7.17. The molecule has 0 spiro atoms. The Morgan fingerprint density at radius 2 is 1.86 bits per heavy atom. The van der Waals surface area contributed by atoms with Crippen molar-refractivity contribution in [1.82, 2.24) is 15.3 Å². The summed E-state index contributed by atoms with van der Waals surface area (Å²) in [4.78, 5) is 33.1. The number of thiophene rings is 1. The maximum atomic E-state index is 12.2. The van der Waals surface area contributed by atoms with Crippen LogP contribution < -0.4 is 21.1 Å². The molecule has 2 amide bonds. The molecule has 0 bridgehead atoms. The third kappa shape index (κ3) is 5.93. The Hall–Kier alpha value is -3.98. The number of benzene rings is 2. The van der Waals surface area contributed by atoms with E-state index in [0.29, 0.717) is 23.0 Å². The zero-order valence-corrected chi connectivity index (χ0v) is 20.6. The molecule has 35 heavy (non-hydrogen) atoms. The summed E-state index contributed by atoms with van der Waals surface area (Å²) < 4.78 is 6.64. The van der Waals surface area contributed by atoms with E-state index >= 15 is 0 Å². The Bertz CT molecular complexity index is 1370. The average molecular weight is 490 g/mol. The van der Waals surface area contributed by atoms with E-state index in [0.717, 1.165) is 27.9 Å². The first-order valence-electron chi connectivity index (χ1n) is 11.2. The minimum atomic E-state index is -0.477. The molecule has 0 aliphatic carbocycles. The van der Waals surface area contributed by atoms with Gasteiger partial charge in [0.1, 0.15) is 5.75 Å². The van der Waals surface area contributed by atoms with Crippen LogP contribution in [0.4, 0.5) is 11.5 Å². The van der Waals surface area contributed by atoms with Crippen LogP contribution in [0.2, 0.25) is 0 Å². The molecule has 2 aromatic heterocycles. The van der Waals surface area contributed by atoms with Crippen molar-refractivity contribution >= 4 is 44.9 Å². The number of aromatic nitrogens is 2. The molecule has 4 N–H and O–H groups in total. The van der Waals surface area contributed by atoms with Crippen LogP contribution in [-0.4, -0.2) is 33.9 Å². The van der Waals surface area contributed by atoms with Crippen molar-refractivity contribution in [3.8, 4) is 17.1 Å². The van der Waals surface area contributed by atoms with Gasteiger partial charge in [0.2, 0.25) is 5.91 Å². The van der Waals surface area contributed by atoms with E-state index in [2.05, 4.69) is 10.6 Å². The van der Waals surface area contributed by atoms with Crippen LogP contribution in [0.25, 0.3) is 21.6 Å². The van der Waals surface area contributed by atoms with Crippen LogP contribution in [-0.2, 0) is 4.79 Å². The standard InChI is InChI=1S/C26H27N5O3S/c1-4-26(2,3)31-21(32)15-34-19-7-5-6-17(14-19)24-29-20-12-13-35-22(20)25(30-24)28-18-10-8-16(9-11-18)23(27)33/h5-14H,4,15H2,1-3H3,(H2,27,33)(H,31,32)(H,28,29,30). The maximum absolute atomic E-state index is 12.2. The molecule has 180 valence electrons. The smallest absolute Gasteiger partial charge is 0.258 e. The fourth-order valence-electron chi connectivity index (χ4n) is 3.31. The predicted octanol–water partition coefficient (Wildman–Crippen LogP) is 4.88. The Labute approximate surface area is 207 Å². The molecule has 0 saturated heterocycles. The van der Waals surface area contributed by atoms with Gasteiger partial charge in [-0.2, -0.15) is 0 Å². The van der Waals surface area contributed by atoms with Gasteiger partial charge < -0.3 is 21.1 Å². The van der Waals surface area contributed by atoms with Crippen molar-refractivity contribution < 1.29 is 14.3 Å². The van der Waals surface area contributed by atoms with Gasteiger partial charge in [0, 0.05) is 22.4 Å². The van der Waals surface area contributed by atoms with Gasteiger partial charge in [-0.1, -0.05) is 19.1 Å². The molecule has 2 heterocycles. The molecule has 2 aromatic carbocycles. The fourth-order valence-corrected chi connectivity index (χ4v) is 4.08. The average Bonchev–Trinajstić information content (AvgIpc) is 3.32. The second kappa shape index (κ2) is 10.1. The lowest BCUT2D eigenvalue weighted by atomic mass is 10.0. The van der Waals surface area contributed by atoms with Gasteiger partial charge in [0.05, 0.1) is 10.2 Å². The molecular weight excluding hydrogens is 462 g/mol. The Morgan fingerprint density at radius 1 is 1.09 bits per heavy atom. The number of hydrogen-bond acceptors (Lipinski definition) is 7. The highest BCUT2D eigenvalue weighted by Crippen LogP contribution is 2.32. The van der Waals surface area contributed by atoms with Crippen LogP contribution in [0, 0.1) is 0 Å². The summed E-state index contributed by atoms with van der Waals surface area (Å²) >= 11 is 1.54. The number of amides is 2. The van der Waals surface area contributed by atoms with Gasteiger partial charge in [-0.3, -0.25) is 9.59 Å². The van der Waals surface area contributed by atoms with Crippen LogP contribution >= 0.6 is 11.3 Å². The van der Waals surface area contributed by atoms with E-state index in [1.807, 2.05) is 50.4 Å². The summed E-state index contributed by atoms with van der Waals surface area (Å²) in [7, 11) is 0. The number of ether oxygens (including phenoxy) is 1. The van der Waals surface area contributed by atoms with E-state index in [1.54, 1.807) is 30.3 Å². The number of carbonyl (C=O) groups is 2. The van der Waals surface area contributed by atoms with Crippen LogP contribution in [0.1, 0.15) is 37.6 Å². The van der Waals surface area contributed by atoms with Gasteiger partial charge in [0.15, 0.2) is 18.2 Å². The topological polar surface area (TPSA) is 119 Å². The van der Waals surface area contributed by atoms with Crippen molar-refractivity contribution in [2.75, 3.05) is 11.9 Å². The zero-order chi connectivity index (χ0) is 25.0. The lowest BCUT2D eigenvalue weighted by molar-refractivity contribution is -0.124. The molecule has 0 unspecified atom stereocenters. The number of fused-ring (bicyclic) bond motifs is 1. The number of carbonyl (C=O) groups excluding carboxylic acids is 2. The molecule has 0 radical (unpaired) electrons. The third-order valence-electron chi connectivity index (χ3n) is 5.56. The first kappa shape index (κ1) is 24.2. The Morgan fingerprint density at radius 3 is 2.57 bits per heavy atom. The molecule has 8 nitrogen and oxygen atoms in total. The number of nitrogens with one attached hydrogen (secondary N) is 2. The first-order chi connectivity index (χ1) is 16.7. The number of anilines is 2. The molecule has 0 saturated carbocycles. The highest BCUT2D eigenvalue weighted by atomic mass is 32.1. The lowest BCUT2D eigenvalue weighted by Crippen LogP contribution is -2.44. The van der Waals surface area contributed by atoms with E-state index < -0.39 is 5.91 Å². The quantitative estimate of drug-likeness (QED) is 0.308. The minimum Gasteiger partial charge on any atom is -0.484 e. The number of primary amides is 1. The van der Waals surface area contributed by atoms with Crippen LogP contribution in [0.5, 0.6) is 5.75 Å². The lowest BCUT2D eigenvalue weighted by Gasteiger charge is -2.24. The summed E-state index contributed by atoms with van der Waals surface area (Å²) in [5.74, 6) is 1.08. The largest absolute Gasteiger partial charge is 0.484 e. The number of rotatable bonds is 9. The number of nitrogens with two attached hydrogens (primary N) is 1. The van der Waals surface area contributed by atoms with Crippen molar-refractivity contribution in [2.24, 2.45) is 5.73 Å². The summed E-state index contributed by atoms with van der Waals surface area (Å²) in [6.45, 7) is 5.89. The molecule has 9 heteroatoms. The van der Waals surface area contributed by atoms with Crippen molar-refractivity contribution in [1.29, 1.82) is 0 Å². The van der Waals surface area contributed by atoms with Gasteiger partial charge in [-0.15, -0.1) is 11.3 Å². The summed E-state index contributed by atoms with van der Waals surface area (Å²) in [5, 5.41) is 8.23. The Kier molecular flexibility index (Phi) is 6.97. The number of nitrogens with zero attached hydrogens (tertiary/aromatic N) is 2. The Balaban J connectivity index is 1.56. The van der Waals surface area contributed by atoms with Crippen LogP contribution in [0.15, 0.2) is 60.0 Å². The van der Waals surface area contributed by atoms with Crippen molar-refractivity contribution in [3.05, 3.63) is 65.5 Å². The summed E-state index contributed by atoms with van der Waals surface area (Å²) in [5.41, 5.74) is 7.83. The van der Waals surface area contributed by atoms with Gasteiger partial charge in [-0.25, -0.2) is 9.97 Å². The maximum Gasteiger partial charge on any atom is 0.258 e. The van der Waals surface area contributed by atoms with Gasteiger partial charge in [-0.05, 0) is 68.1 Å². The van der Waals surface area contributed by atoms with E-state index in [-0.39, 0.29) is 18.1 Å². The molecule has 0 aliphatic rings. The monoisotopic (exact) mass is 489 g/mol. The molecule has 0 fully saturated rings. The third-order valence-corrected chi connectivity index (χ3v) is 6.47. The van der Waals surface area contributed by atoms with Gasteiger partial charge in [0.25, 0.3) is 5.91 Å². The SMILES string of the molecule is CCC(C)(C)NC(=O)COc1cccc(-c2nc(Nc3ccc(C(N)=O)cc3)c3sccc3n2)c1. The zero-order valence-electron chi connectivity index (χ0n) is 19.8.